The van der Waals surface area contributed by atoms with Crippen LogP contribution in [0.5, 0.6) is 0 Å². The van der Waals surface area contributed by atoms with E-state index in [4.69, 9.17) is 4.74 Å². The van der Waals surface area contributed by atoms with Gasteiger partial charge in [-0.25, -0.2) is 12.4 Å². The van der Waals surface area contributed by atoms with E-state index in [1.54, 1.807) is 67.6 Å². The Labute approximate surface area is 174 Å². The molecule has 1 amide bonds. The van der Waals surface area contributed by atoms with Crippen molar-refractivity contribution in [1.82, 2.24) is 3.97 Å². The highest BCUT2D eigenvalue weighted by Gasteiger charge is 2.40. The number of esters is 1. The van der Waals surface area contributed by atoms with Gasteiger partial charge in [-0.2, -0.15) is 0 Å². The molecule has 0 N–H and O–H groups in total. The molecular weight excluding hydrogens is 404 g/mol. The van der Waals surface area contributed by atoms with Gasteiger partial charge in [0.2, 0.25) is 0 Å². The van der Waals surface area contributed by atoms with Crippen LogP contribution in [0.3, 0.4) is 0 Å². The molecule has 0 radical (unpaired) electrons. The number of para-hydroxylation sites is 1. The second-order valence-electron chi connectivity index (χ2n) is 6.77. The molecule has 8 heteroatoms. The summed E-state index contributed by atoms with van der Waals surface area (Å²) in [6.07, 6.45) is 1.25. The molecule has 7 nitrogen and oxygen atoms in total. The van der Waals surface area contributed by atoms with Gasteiger partial charge in [-0.1, -0.05) is 30.3 Å². The first kappa shape index (κ1) is 19.9. The van der Waals surface area contributed by atoms with Crippen LogP contribution in [0.1, 0.15) is 35.4 Å². The van der Waals surface area contributed by atoms with Crippen LogP contribution in [0, 0.1) is 0 Å². The maximum atomic E-state index is 13.6. The standard InChI is InChI=1S/C22H20N2O5S/c1-2-29-21(25)15-19-17-12-8-14-23(17)30(27,28)20-13-7-6-11-18(20)24(19)22(26)16-9-4-3-5-10-16/h3-14,19H,2,15H2,1H3. The zero-order valence-electron chi connectivity index (χ0n) is 16.3. The third-order valence-electron chi connectivity index (χ3n) is 4.96. The van der Waals surface area contributed by atoms with Gasteiger partial charge in [-0.15, -0.1) is 0 Å². The Balaban J connectivity index is 1.97. The number of carbonyl (C=O) groups excluding carboxylic acids is 2. The summed E-state index contributed by atoms with van der Waals surface area (Å²) in [6, 6.07) is 17.2. The lowest BCUT2D eigenvalue weighted by molar-refractivity contribution is -0.143. The maximum Gasteiger partial charge on any atom is 0.308 e. The fourth-order valence-electron chi connectivity index (χ4n) is 3.68. The monoisotopic (exact) mass is 424 g/mol. The highest BCUT2D eigenvalue weighted by atomic mass is 32.2. The van der Waals surface area contributed by atoms with Crippen molar-refractivity contribution in [2.75, 3.05) is 11.5 Å². The molecule has 0 bridgehead atoms. The minimum absolute atomic E-state index is 0.00177. The van der Waals surface area contributed by atoms with Crippen molar-refractivity contribution < 1.29 is 22.7 Å². The normalized spacial score (nSPS) is 16.8. The molecule has 0 aliphatic carbocycles. The first-order valence-electron chi connectivity index (χ1n) is 9.51. The lowest BCUT2D eigenvalue weighted by Crippen LogP contribution is -2.36. The number of rotatable bonds is 4. The van der Waals surface area contributed by atoms with Crippen molar-refractivity contribution in [3.05, 3.63) is 84.2 Å². The summed E-state index contributed by atoms with van der Waals surface area (Å²) in [6.45, 7) is 1.88. The van der Waals surface area contributed by atoms with E-state index in [0.29, 0.717) is 11.3 Å². The maximum absolute atomic E-state index is 13.6. The number of hydrogen-bond donors (Lipinski definition) is 0. The molecule has 0 spiro atoms. The molecule has 154 valence electrons. The highest BCUT2D eigenvalue weighted by Crippen LogP contribution is 2.40. The molecule has 0 saturated carbocycles. The third kappa shape index (κ3) is 3.29. The Bertz CT molecular complexity index is 1200. The SMILES string of the molecule is CCOC(=O)CC1c2cccn2S(=O)(=O)c2ccccc2N1C(=O)c1ccccc1. The number of nitrogens with zero attached hydrogens (tertiary/aromatic N) is 2. The third-order valence-corrected chi connectivity index (χ3v) is 6.71. The Kier molecular flexibility index (Phi) is 5.17. The lowest BCUT2D eigenvalue weighted by Gasteiger charge is -2.30. The first-order valence-corrected chi connectivity index (χ1v) is 10.9. The molecule has 1 aliphatic rings. The molecule has 0 saturated heterocycles. The van der Waals surface area contributed by atoms with Gasteiger partial charge in [0.25, 0.3) is 15.9 Å². The predicted octanol–water partition coefficient (Wildman–Crippen LogP) is 3.38. The van der Waals surface area contributed by atoms with Gasteiger partial charge in [0.1, 0.15) is 4.90 Å². The molecular formula is C22H20N2O5S. The van der Waals surface area contributed by atoms with E-state index in [2.05, 4.69) is 0 Å². The number of amides is 1. The van der Waals surface area contributed by atoms with E-state index in [1.165, 1.54) is 17.2 Å². The van der Waals surface area contributed by atoms with Gasteiger partial charge in [-0.05, 0) is 43.3 Å². The molecule has 1 aromatic heterocycles. The van der Waals surface area contributed by atoms with Crippen LogP contribution in [0.2, 0.25) is 0 Å². The number of fused-ring (bicyclic) bond motifs is 2. The van der Waals surface area contributed by atoms with E-state index in [0.717, 1.165) is 3.97 Å². The van der Waals surface area contributed by atoms with Crippen molar-refractivity contribution in [3.8, 4) is 0 Å². The fourth-order valence-corrected chi connectivity index (χ4v) is 5.26. The Morgan fingerprint density at radius 2 is 1.67 bits per heavy atom. The minimum Gasteiger partial charge on any atom is -0.466 e. The molecule has 30 heavy (non-hydrogen) atoms. The van der Waals surface area contributed by atoms with Gasteiger partial charge in [0.15, 0.2) is 0 Å². The number of anilines is 1. The summed E-state index contributed by atoms with van der Waals surface area (Å²) in [5.74, 6) is -0.917. The number of aromatic nitrogens is 1. The number of benzene rings is 2. The Morgan fingerprint density at radius 1 is 0.967 bits per heavy atom. The zero-order valence-corrected chi connectivity index (χ0v) is 17.1. The lowest BCUT2D eigenvalue weighted by atomic mass is 10.0. The van der Waals surface area contributed by atoms with Crippen LogP contribution < -0.4 is 4.90 Å². The number of hydrogen-bond acceptors (Lipinski definition) is 5. The second kappa shape index (κ2) is 7.79. The van der Waals surface area contributed by atoms with Gasteiger partial charge in [0.05, 0.1) is 30.5 Å². The number of carbonyl (C=O) groups is 2. The van der Waals surface area contributed by atoms with Crippen molar-refractivity contribution in [3.63, 3.8) is 0 Å². The van der Waals surface area contributed by atoms with Crippen LogP contribution in [-0.4, -0.2) is 30.9 Å². The highest BCUT2D eigenvalue weighted by molar-refractivity contribution is 7.90. The average Bonchev–Trinajstić information content (AvgIpc) is 3.22. The summed E-state index contributed by atoms with van der Waals surface area (Å²) >= 11 is 0. The first-order chi connectivity index (χ1) is 14.4. The van der Waals surface area contributed by atoms with Crippen molar-refractivity contribution in [2.45, 2.75) is 24.3 Å². The molecule has 2 aromatic carbocycles. The molecule has 2 heterocycles. The van der Waals surface area contributed by atoms with Crippen LogP contribution in [0.15, 0.2) is 77.8 Å². The molecule has 4 rings (SSSR count). The molecule has 3 aromatic rings. The summed E-state index contributed by atoms with van der Waals surface area (Å²) in [4.78, 5) is 27.4. The quantitative estimate of drug-likeness (QED) is 0.600. The van der Waals surface area contributed by atoms with Crippen LogP contribution in [0.4, 0.5) is 5.69 Å². The number of ether oxygens (including phenoxy) is 1. The van der Waals surface area contributed by atoms with E-state index in [9.17, 15) is 18.0 Å². The molecule has 0 fully saturated rings. The average molecular weight is 424 g/mol. The van der Waals surface area contributed by atoms with Crippen LogP contribution >= 0.6 is 0 Å². The van der Waals surface area contributed by atoms with Crippen LogP contribution in [0.25, 0.3) is 0 Å². The minimum atomic E-state index is -3.95. The van der Waals surface area contributed by atoms with Gasteiger partial charge < -0.3 is 4.74 Å². The van der Waals surface area contributed by atoms with Crippen molar-refractivity contribution in [1.29, 1.82) is 0 Å². The van der Waals surface area contributed by atoms with E-state index in [-0.39, 0.29) is 23.6 Å². The summed E-state index contributed by atoms with van der Waals surface area (Å²) in [7, 11) is -3.95. The van der Waals surface area contributed by atoms with E-state index < -0.39 is 27.9 Å². The fraction of sp³-hybridized carbons (Fsp3) is 0.182. The summed E-state index contributed by atoms with van der Waals surface area (Å²) in [5, 5.41) is 0. The zero-order chi connectivity index (χ0) is 21.3. The largest absolute Gasteiger partial charge is 0.466 e. The van der Waals surface area contributed by atoms with Crippen LogP contribution in [-0.2, 0) is 19.6 Å². The molecule has 1 unspecified atom stereocenters. The Hall–Kier alpha value is -3.39. The predicted molar refractivity (Wildman–Crippen MR) is 111 cm³/mol. The van der Waals surface area contributed by atoms with Gasteiger partial charge in [0, 0.05) is 11.8 Å². The molecule has 1 aliphatic heterocycles. The van der Waals surface area contributed by atoms with E-state index >= 15 is 0 Å². The summed E-state index contributed by atoms with van der Waals surface area (Å²) in [5.41, 5.74) is 0.937. The second-order valence-corrected chi connectivity index (χ2v) is 8.55. The van der Waals surface area contributed by atoms with Gasteiger partial charge >= 0.3 is 5.97 Å². The van der Waals surface area contributed by atoms with Gasteiger partial charge in [-0.3, -0.25) is 14.5 Å². The topological polar surface area (TPSA) is 85.7 Å². The Morgan fingerprint density at radius 3 is 2.40 bits per heavy atom. The van der Waals surface area contributed by atoms with Crippen molar-refractivity contribution >= 4 is 27.6 Å². The summed E-state index contributed by atoms with van der Waals surface area (Å²) < 4.78 is 32.9. The van der Waals surface area contributed by atoms with Crippen molar-refractivity contribution in [2.24, 2.45) is 0 Å². The molecule has 1 atom stereocenters. The van der Waals surface area contributed by atoms with E-state index in [1.807, 2.05) is 0 Å². The smallest absolute Gasteiger partial charge is 0.308 e.